The number of likely N-dealkylation sites (N-methyl/N-ethyl adjacent to an activating group) is 1. The lowest BCUT2D eigenvalue weighted by Gasteiger charge is -2.23. The second-order valence-electron chi connectivity index (χ2n) is 6.87. The van der Waals surface area contributed by atoms with Crippen LogP contribution >= 0.6 is 0 Å². The fraction of sp³-hybridized carbons (Fsp3) is 0.526. The largest absolute Gasteiger partial charge is 0.333 e. The van der Waals surface area contributed by atoms with E-state index in [9.17, 15) is 0 Å². The first-order valence-electron chi connectivity index (χ1n) is 8.63. The minimum Gasteiger partial charge on any atom is -0.333 e. The Labute approximate surface area is 139 Å². The van der Waals surface area contributed by atoms with E-state index in [1.54, 1.807) is 0 Å². The number of aryl methyl sites for hydroxylation is 1. The molecule has 0 spiro atoms. The van der Waals surface area contributed by atoms with Gasteiger partial charge in [-0.15, -0.1) is 0 Å². The highest BCUT2D eigenvalue weighted by molar-refractivity contribution is 5.59. The van der Waals surface area contributed by atoms with Gasteiger partial charge in [0.15, 0.2) is 0 Å². The summed E-state index contributed by atoms with van der Waals surface area (Å²) in [5, 5.41) is 3.45. The molecule has 2 heterocycles. The van der Waals surface area contributed by atoms with E-state index in [0.29, 0.717) is 5.92 Å². The fourth-order valence-corrected chi connectivity index (χ4v) is 3.19. The van der Waals surface area contributed by atoms with Crippen LogP contribution in [-0.4, -0.2) is 48.2 Å². The van der Waals surface area contributed by atoms with E-state index in [0.717, 1.165) is 31.9 Å². The average molecular weight is 312 g/mol. The molecule has 124 valence electrons. The van der Waals surface area contributed by atoms with Crippen molar-refractivity contribution in [1.82, 2.24) is 19.8 Å². The quantitative estimate of drug-likeness (QED) is 0.921. The zero-order valence-corrected chi connectivity index (χ0v) is 14.5. The highest BCUT2D eigenvalue weighted by Crippen LogP contribution is 2.28. The summed E-state index contributed by atoms with van der Waals surface area (Å²) >= 11 is 0. The van der Waals surface area contributed by atoms with Gasteiger partial charge in [-0.1, -0.05) is 29.8 Å². The Balaban J connectivity index is 1.89. The molecule has 0 aliphatic carbocycles. The molecular formula is C19H28N4. The minimum atomic E-state index is 0.581. The first-order chi connectivity index (χ1) is 11.1. The molecule has 0 bridgehead atoms. The molecule has 1 saturated heterocycles. The van der Waals surface area contributed by atoms with Crippen LogP contribution in [0.1, 0.15) is 30.1 Å². The first kappa shape index (κ1) is 16.2. The second-order valence-corrected chi connectivity index (χ2v) is 6.87. The van der Waals surface area contributed by atoms with Crippen LogP contribution in [0.4, 0.5) is 0 Å². The van der Waals surface area contributed by atoms with Gasteiger partial charge in [-0.05, 0) is 47.0 Å². The Morgan fingerprint density at radius 3 is 2.52 bits per heavy atom. The molecule has 0 amide bonds. The Bertz CT molecular complexity index is 621. The summed E-state index contributed by atoms with van der Waals surface area (Å²) in [6.45, 7) is 6.38. The first-order valence-corrected chi connectivity index (χ1v) is 8.63. The lowest BCUT2D eigenvalue weighted by Crippen LogP contribution is -2.28. The number of nitrogens with zero attached hydrogens (tertiary/aromatic N) is 3. The molecule has 1 aliphatic heterocycles. The van der Waals surface area contributed by atoms with Gasteiger partial charge in [0, 0.05) is 30.8 Å². The number of benzene rings is 1. The van der Waals surface area contributed by atoms with Gasteiger partial charge in [0.25, 0.3) is 0 Å². The van der Waals surface area contributed by atoms with E-state index in [-0.39, 0.29) is 0 Å². The van der Waals surface area contributed by atoms with Gasteiger partial charge >= 0.3 is 0 Å². The van der Waals surface area contributed by atoms with Crippen LogP contribution in [0.25, 0.3) is 11.3 Å². The molecule has 0 saturated carbocycles. The van der Waals surface area contributed by atoms with Crippen LogP contribution < -0.4 is 5.32 Å². The van der Waals surface area contributed by atoms with Crippen LogP contribution in [0, 0.1) is 6.92 Å². The van der Waals surface area contributed by atoms with Crippen molar-refractivity contribution in [3.8, 4) is 11.3 Å². The van der Waals surface area contributed by atoms with E-state index in [1.165, 1.54) is 29.8 Å². The predicted molar refractivity (Wildman–Crippen MR) is 95.8 cm³/mol. The maximum absolute atomic E-state index is 5.03. The third kappa shape index (κ3) is 4.01. The van der Waals surface area contributed by atoms with E-state index in [2.05, 4.69) is 66.3 Å². The molecule has 1 N–H and O–H groups in total. The number of imidazole rings is 1. The lowest BCUT2D eigenvalue weighted by molar-refractivity contribution is 0.369. The summed E-state index contributed by atoms with van der Waals surface area (Å²) in [7, 11) is 4.25. The topological polar surface area (TPSA) is 33.1 Å². The Kier molecular flexibility index (Phi) is 5.13. The normalized spacial score (nSPS) is 16.2. The molecule has 1 aromatic carbocycles. The van der Waals surface area contributed by atoms with Gasteiger partial charge in [0.1, 0.15) is 5.82 Å². The van der Waals surface area contributed by atoms with Gasteiger partial charge in [0.2, 0.25) is 0 Å². The number of nitrogens with one attached hydrogen (secondary N) is 1. The smallest absolute Gasteiger partial charge is 0.112 e. The zero-order chi connectivity index (χ0) is 16.2. The van der Waals surface area contributed by atoms with Crippen molar-refractivity contribution in [2.75, 3.05) is 33.7 Å². The van der Waals surface area contributed by atoms with Crippen LogP contribution in [0.3, 0.4) is 0 Å². The average Bonchev–Trinajstić information content (AvgIpc) is 2.98. The molecule has 1 aromatic heterocycles. The molecule has 2 aromatic rings. The monoisotopic (exact) mass is 312 g/mol. The maximum atomic E-state index is 5.03. The summed E-state index contributed by atoms with van der Waals surface area (Å²) in [5.74, 6) is 1.85. The lowest BCUT2D eigenvalue weighted by atomic mass is 9.97. The van der Waals surface area contributed by atoms with Crippen molar-refractivity contribution in [1.29, 1.82) is 0 Å². The van der Waals surface area contributed by atoms with E-state index < -0.39 is 0 Å². The highest BCUT2D eigenvalue weighted by Gasteiger charge is 2.21. The third-order valence-corrected chi connectivity index (χ3v) is 4.65. The van der Waals surface area contributed by atoms with Crippen molar-refractivity contribution in [2.45, 2.75) is 32.2 Å². The van der Waals surface area contributed by atoms with Gasteiger partial charge in [-0.3, -0.25) is 0 Å². The molecule has 23 heavy (non-hydrogen) atoms. The molecule has 0 unspecified atom stereocenters. The van der Waals surface area contributed by atoms with Gasteiger partial charge in [-0.25, -0.2) is 4.98 Å². The molecule has 1 aliphatic rings. The summed E-state index contributed by atoms with van der Waals surface area (Å²) in [6, 6.07) is 8.69. The molecule has 0 radical (unpaired) electrons. The number of rotatable bonds is 5. The molecule has 4 heteroatoms. The van der Waals surface area contributed by atoms with E-state index in [4.69, 9.17) is 4.98 Å². The van der Waals surface area contributed by atoms with E-state index >= 15 is 0 Å². The SMILES string of the molecule is Cc1ccc(-c2cn(CCN(C)C)c(C3CCNCC3)n2)cc1. The summed E-state index contributed by atoms with van der Waals surface area (Å²) < 4.78 is 2.38. The van der Waals surface area contributed by atoms with Crippen molar-refractivity contribution in [3.05, 3.63) is 41.9 Å². The number of hydrogen-bond acceptors (Lipinski definition) is 3. The number of hydrogen-bond donors (Lipinski definition) is 1. The van der Waals surface area contributed by atoms with Gasteiger partial charge < -0.3 is 14.8 Å². The van der Waals surface area contributed by atoms with Crippen molar-refractivity contribution < 1.29 is 0 Å². The molecule has 1 fully saturated rings. The van der Waals surface area contributed by atoms with E-state index in [1.807, 2.05) is 0 Å². The second kappa shape index (κ2) is 7.28. The van der Waals surface area contributed by atoms with Crippen molar-refractivity contribution >= 4 is 0 Å². The van der Waals surface area contributed by atoms with Crippen LogP contribution in [0.5, 0.6) is 0 Å². The van der Waals surface area contributed by atoms with Crippen molar-refractivity contribution in [2.24, 2.45) is 0 Å². The Morgan fingerprint density at radius 1 is 1.17 bits per heavy atom. The highest BCUT2D eigenvalue weighted by atomic mass is 15.1. The van der Waals surface area contributed by atoms with Gasteiger partial charge in [0.05, 0.1) is 5.69 Å². The Hall–Kier alpha value is -1.65. The van der Waals surface area contributed by atoms with Crippen LogP contribution in [0.2, 0.25) is 0 Å². The van der Waals surface area contributed by atoms with Crippen molar-refractivity contribution in [3.63, 3.8) is 0 Å². The summed E-state index contributed by atoms with van der Waals surface area (Å²) in [4.78, 5) is 7.26. The molecule has 0 atom stereocenters. The maximum Gasteiger partial charge on any atom is 0.112 e. The zero-order valence-electron chi connectivity index (χ0n) is 14.5. The third-order valence-electron chi connectivity index (χ3n) is 4.65. The molecule has 4 nitrogen and oxygen atoms in total. The van der Waals surface area contributed by atoms with Crippen LogP contribution in [-0.2, 0) is 6.54 Å². The number of piperidine rings is 1. The van der Waals surface area contributed by atoms with Gasteiger partial charge in [-0.2, -0.15) is 0 Å². The van der Waals surface area contributed by atoms with Crippen LogP contribution in [0.15, 0.2) is 30.5 Å². The fourth-order valence-electron chi connectivity index (χ4n) is 3.19. The summed E-state index contributed by atoms with van der Waals surface area (Å²) in [5.41, 5.74) is 3.62. The number of aromatic nitrogens is 2. The standard InChI is InChI=1S/C19H28N4/c1-15-4-6-16(7-5-15)18-14-23(13-12-22(2)3)19(21-18)17-8-10-20-11-9-17/h4-7,14,17,20H,8-13H2,1-3H3. The Morgan fingerprint density at radius 2 is 1.87 bits per heavy atom. The minimum absolute atomic E-state index is 0.581. The molecular weight excluding hydrogens is 284 g/mol. The molecule has 3 rings (SSSR count). The summed E-state index contributed by atoms with van der Waals surface area (Å²) in [6.07, 6.45) is 4.62. The predicted octanol–water partition coefficient (Wildman–Crippen LogP) is 2.89.